The molecule has 0 radical (unpaired) electrons. The highest BCUT2D eigenvalue weighted by molar-refractivity contribution is 5.54. The van der Waals surface area contributed by atoms with Crippen molar-refractivity contribution in [2.24, 2.45) is 0 Å². The van der Waals surface area contributed by atoms with Crippen molar-refractivity contribution in [1.82, 2.24) is 25.5 Å². The Morgan fingerprint density at radius 2 is 1.92 bits per heavy atom. The maximum Gasteiger partial charge on any atom is 0.204 e. The molecule has 1 N–H and O–H groups in total. The fourth-order valence-corrected chi connectivity index (χ4v) is 3.02. The molecule has 1 aliphatic heterocycles. The Labute approximate surface area is 140 Å². The maximum atomic E-state index is 5.93. The van der Waals surface area contributed by atoms with Gasteiger partial charge in [0.2, 0.25) is 5.82 Å². The number of hydrogen-bond acceptors (Lipinski definition) is 5. The third kappa shape index (κ3) is 3.34. The normalized spacial score (nSPS) is 18.6. The number of nitrogens with zero attached hydrogens (tertiary/aromatic N) is 4. The lowest BCUT2D eigenvalue weighted by Crippen LogP contribution is -2.37. The number of aromatic amines is 1. The number of nitrogens with one attached hydrogen (secondary N) is 1. The number of ether oxygens (including phenoxy) is 1. The number of tetrazole rings is 1. The summed E-state index contributed by atoms with van der Waals surface area (Å²) in [7, 11) is 0. The van der Waals surface area contributed by atoms with E-state index in [-0.39, 0.29) is 6.10 Å². The van der Waals surface area contributed by atoms with E-state index in [2.05, 4.69) is 61.9 Å². The van der Waals surface area contributed by atoms with Crippen molar-refractivity contribution in [3.63, 3.8) is 0 Å². The molecule has 24 heavy (non-hydrogen) atoms. The van der Waals surface area contributed by atoms with E-state index in [1.165, 1.54) is 11.1 Å². The predicted octanol–water partition coefficient (Wildman–Crippen LogP) is 2.44. The summed E-state index contributed by atoms with van der Waals surface area (Å²) in [4.78, 5) is 2.44. The monoisotopic (exact) mass is 321 g/mol. The van der Waals surface area contributed by atoms with Gasteiger partial charge in [-0.3, -0.25) is 4.90 Å². The minimum atomic E-state index is 0.151. The summed E-state index contributed by atoms with van der Waals surface area (Å²) in [5.74, 6) is 0.622. The largest absolute Gasteiger partial charge is 0.371 e. The van der Waals surface area contributed by atoms with Crippen LogP contribution in [0.25, 0.3) is 11.4 Å². The van der Waals surface area contributed by atoms with E-state index in [1.54, 1.807) is 0 Å². The molecule has 6 nitrogen and oxygen atoms in total. The van der Waals surface area contributed by atoms with Crippen LogP contribution in [0.5, 0.6) is 0 Å². The Morgan fingerprint density at radius 3 is 2.67 bits per heavy atom. The molecule has 0 aliphatic carbocycles. The number of aromatic nitrogens is 4. The Bertz CT molecular complexity index is 758. The molecule has 122 valence electrons. The third-order valence-corrected chi connectivity index (χ3v) is 4.29. The molecule has 1 saturated heterocycles. The molecule has 2 heterocycles. The second-order valence-electron chi connectivity index (χ2n) is 5.94. The van der Waals surface area contributed by atoms with E-state index in [1.807, 2.05) is 18.2 Å². The summed E-state index contributed by atoms with van der Waals surface area (Å²) in [6, 6.07) is 18.8. The molecule has 0 bridgehead atoms. The summed E-state index contributed by atoms with van der Waals surface area (Å²) < 4.78 is 5.93. The molecule has 1 aromatic heterocycles. The van der Waals surface area contributed by atoms with E-state index in [0.29, 0.717) is 5.82 Å². The van der Waals surface area contributed by atoms with Crippen LogP contribution in [0.15, 0.2) is 54.6 Å². The van der Waals surface area contributed by atoms with Crippen LogP contribution in [-0.4, -0.2) is 45.2 Å². The number of benzene rings is 2. The van der Waals surface area contributed by atoms with Crippen LogP contribution in [0, 0.1) is 0 Å². The van der Waals surface area contributed by atoms with Gasteiger partial charge in [-0.2, -0.15) is 5.21 Å². The minimum absolute atomic E-state index is 0.151. The van der Waals surface area contributed by atoms with Gasteiger partial charge in [0.1, 0.15) is 0 Å². The van der Waals surface area contributed by atoms with Gasteiger partial charge in [0.15, 0.2) is 0 Å². The molecule has 1 fully saturated rings. The van der Waals surface area contributed by atoms with E-state index in [9.17, 15) is 0 Å². The zero-order chi connectivity index (χ0) is 16.2. The van der Waals surface area contributed by atoms with Gasteiger partial charge >= 0.3 is 0 Å². The van der Waals surface area contributed by atoms with Crippen molar-refractivity contribution in [3.8, 4) is 11.4 Å². The van der Waals surface area contributed by atoms with Gasteiger partial charge in [-0.15, -0.1) is 10.2 Å². The summed E-state index contributed by atoms with van der Waals surface area (Å²) in [6.07, 6.45) is 0.151. The lowest BCUT2D eigenvalue weighted by atomic mass is 10.1. The second kappa shape index (κ2) is 6.90. The highest BCUT2D eigenvalue weighted by Crippen LogP contribution is 2.23. The Balaban J connectivity index is 1.41. The molecule has 0 saturated carbocycles. The first-order valence-corrected chi connectivity index (χ1v) is 8.10. The van der Waals surface area contributed by atoms with Crippen molar-refractivity contribution >= 4 is 0 Å². The Kier molecular flexibility index (Phi) is 4.31. The smallest absolute Gasteiger partial charge is 0.204 e. The van der Waals surface area contributed by atoms with Gasteiger partial charge in [0.25, 0.3) is 0 Å². The number of H-pyrrole nitrogens is 1. The van der Waals surface area contributed by atoms with Gasteiger partial charge < -0.3 is 4.74 Å². The zero-order valence-electron chi connectivity index (χ0n) is 13.3. The van der Waals surface area contributed by atoms with Crippen LogP contribution in [0.3, 0.4) is 0 Å². The van der Waals surface area contributed by atoms with Gasteiger partial charge in [0.05, 0.1) is 12.7 Å². The van der Waals surface area contributed by atoms with Gasteiger partial charge in [-0.1, -0.05) is 54.6 Å². The molecule has 0 amide bonds. The second-order valence-corrected chi connectivity index (χ2v) is 5.94. The first-order valence-electron chi connectivity index (χ1n) is 8.10. The molecule has 0 spiro atoms. The van der Waals surface area contributed by atoms with Gasteiger partial charge in [-0.05, 0) is 16.3 Å². The highest BCUT2D eigenvalue weighted by Gasteiger charge is 2.21. The Morgan fingerprint density at radius 1 is 1.08 bits per heavy atom. The van der Waals surface area contributed by atoms with E-state index in [0.717, 1.165) is 31.8 Å². The number of hydrogen-bond donors (Lipinski definition) is 1. The molecule has 1 aliphatic rings. The SMILES string of the molecule is c1ccc([C@@H]2CN(Cc3ccc(-c4nn[nH]n4)cc3)CCO2)cc1. The average Bonchev–Trinajstić information content (AvgIpc) is 3.18. The Hall–Kier alpha value is -2.57. The summed E-state index contributed by atoms with van der Waals surface area (Å²) >= 11 is 0. The van der Waals surface area contributed by atoms with Crippen LogP contribution in [0.1, 0.15) is 17.2 Å². The van der Waals surface area contributed by atoms with Crippen molar-refractivity contribution in [2.45, 2.75) is 12.6 Å². The quantitative estimate of drug-likeness (QED) is 0.799. The molecule has 3 aromatic rings. The van der Waals surface area contributed by atoms with Crippen LogP contribution in [-0.2, 0) is 11.3 Å². The molecule has 6 heteroatoms. The van der Waals surface area contributed by atoms with E-state index < -0.39 is 0 Å². The standard InChI is InChI=1S/C18H19N5O/c1-2-4-15(5-3-1)17-13-23(10-11-24-17)12-14-6-8-16(9-7-14)18-19-21-22-20-18/h1-9,17H,10-13H2,(H,19,20,21,22)/t17-/m0/s1. The van der Waals surface area contributed by atoms with E-state index >= 15 is 0 Å². The maximum absolute atomic E-state index is 5.93. The predicted molar refractivity (Wildman–Crippen MR) is 90.0 cm³/mol. The topological polar surface area (TPSA) is 66.9 Å². The van der Waals surface area contributed by atoms with Crippen molar-refractivity contribution in [3.05, 3.63) is 65.7 Å². The first-order chi connectivity index (χ1) is 11.9. The molecule has 4 rings (SSSR count). The fraction of sp³-hybridized carbons (Fsp3) is 0.278. The summed E-state index contributed by atoms with van der Waals surface area (Å²) in [5.41, 5.74) is 3.49. The van der Waals surface area contributed by atoms with Crippen LogP contribution in [0.4, 0.5) is 0 Å². The summed E-state index contributed by atoms with van der Waals surface area (Å²) in [5, 5.41) is 14.1. The molecular weight excluding hydrogens is 302 g/mol. The van der Waals surface area contributed by atoms with Gasteiger partial charge in [-0.25, -0.2) is 0 Å². The molecular formula is C18H19N5O. The number of rotatable bonds is 4. The van der Waals surface area contributed by atoms with Crippen molar-refractivity contribution in [2.75, 3.05) is 19.7 Å². The minimum Gasteiger partial charge on any atom is -0.371 e. The molecule has 2 aromatic carbocycles. The lowest BCUT2D eigenvalue weighted by Gasteiger charge is -2.33. The van der Waals surface area contributed by atoms with Crippen molar-refractivity contribution in [1.29, 1.82) is 0 Å². The number of morpholine rings is 1. The average molecular weight is 321 g/mol. The van der Waals surface area contributed by atoms with Crippen LogP contribution >= 0.6 is 0 Å². The molecule has 0 unspecified atom stereocenters. The fourth-order valence-electron chi connectivity index (χ4n) is 3.02. The summed E-state index contributed by atoms with van der Waals surface area (Å²) in [6.45, 7) is 3.55. The van der Waals surface area contributed by atoms with Crippen LogP contribution in [0.2, 0.25) is 0 Å². The third-order valence-electron chi connectivity index (χ3n) is 4.29. The lowest BCUT2D eigenvalue weighted by molar-refractivity contribution is -0.0329. The van der Waals surface area contributed by atoms with E-state index in [4.69, 9.17) is 4.74 Å². The van der Waals surface area contributed by atoms with Gasteiger partial charge in [0, 0.05) is 25.2 Å². The highest BCUT2D eigenvalue weighted by atomic mass is 16.5. The first kappa shape index (κ1) is 15.0. The molecule has 1 atom stereocenters. The van der Waals surface area contributed by atoms with Crippen molar-refractivity contribution < 1.29 is 4.74 Å². The zero-order valence-corrected chi connectivity index (χ0v) is 13.3. The van der Waals surface area contributed by atoms with Crippen LogP contribution < -0.4 is 0 Å².